The van der Waals surface area contributed by atoms with Gasteiger partial charge in [0.1, 0.15) is 0 Å². The SMILES string of the molecule is Nc1ccc2c(c1)-c1nc3nc(nc4[n-]c(nc5nc([n-]c-2n1)-c1ccc(N)cc1-5)c1ccc(N)cc41)-c1cccc(N)c1-3.[Co+2]. The minimum absolute atomic E-state index is 0. The van der Waals surface area contributed by atoms with E-state index >= 15 is 0 Å². The fourth-order valence-corrected chi connectivity index (χ4v) is 5.79. The topological polar surface area (TPSA) is 210 Å². The van der Waals surface area contributed by atoms with Crippen molar-refractivity contribution in [2.45, 2.75) is 0 Å². The second-order valence-electron chi connectivity index (χ2n) is 10.7. The van der Waals surface area contributed by atoms with Gasteiger partial charge in [0.25, 0.3) is 0 Å². The molecular formula is C32H20CoN12. The van der Waals surface area contributed by atoms with Crippen molar-refractivity contribution < 1.29 is 16.8 Å². The van der Waals surface area contributed by atoms with Gasteiger partial charge >= 0.3 is 16.8 Å². The van der Waals surface area contributed by atoms with Gasteiger partial charge in [-0.1, -0.05) is 30.3 Å². The van der Waals surface area contributed by atoms with Gasteiger partial charge in [-0.2, -0.15) is 0 Å². The molecule has 6 aromatic rings. The molecule has 4 aromatic carbocycles. The van der Waals surface area contributed by atoms with Crippen LogP contribution in [0, 0.1) is 0 Å². The quantitative estimate of drug-likeness (QED) is 0.172. The Bertz CT molecular complexity index is 2460. The smallest absolute Gasteiger partial charge is 0.399 e. The molecule has 12 nitrogen and oxygen atoms in total. The molecule has 8 bridgehead atoms. The summed E-state index contributed by atoms with van der Waals surface area (Å²) in [5, 5.41) is 1.47. The third-order valence-electron chi connectivity index (χ3n) is 7.83. The molecule has 0 atom stereocenters. The van der Waals surface area contributed by atoms with Gasteiger partial charge in [0.15, 0.2) is 5.82 Å². The van der Waals surface area contributed by atoms with E-state index in [9.17, 15) is 0 Å². The zero-order valence-electron chi connectivity index (χ0n) is 23.1. The first-order chi connectivity index (χ1) is 21.4. The van der Waals surface area contributed by atoms with Crippen molar-refractivity contribution in [3.8, 4) is 68.3 Å². The maximum absolute atomic E-state index is 6.47. The molecule has 0 saturated carbocycles. The fourth-order valence-electron chi connectivity index (χ4n) is 5.79. The number of benzene rings is 4. The molecule has 0 spiro atoms. The number of anilines is 4. The fraction of sp³-hybridized carbons (Fsp3) is 0. The van der Waals surface area contributed by atoms with E-state index in [1.165, 1.54) is 0 Å². The number of aromatic nitrogens is 8. The van der Waals surface area contributed by atoms with E-state index in [1.807, 2.05) is 48.5 Å². The Balaban J connectivity index is 0.00000300. The zero-order chi connectivity index (χ0) is 29.7. The van der Waals surface area contributed by atoms with Crippen molar-refractivity contribution in [3.63, 3.8) is 0 Å². The Morgan fingerprint density at radius 2 is 1.00 bits per heavy atom. The average molecular weight is 632 g/mol. The van der Waals surface area contributed by atoms with Crippen molar-refractivity contribution >= 4 is 44.8 Å². The second-order valence-corrected chi connectivity index (χ2v) is 10.7. The van der Waals surface area contributed by atoms with Gasteiger partial charge in [-0.25, -0.2) is 9.97 Å². The molecule has 9 rings (SSSR count). The predicted octanol–water partition coefficient (Wildman–Crippen LogP) is 4.36. The number of fused-ring (bicyclic) bond motifs is 20. The monoisotopic (exact) mass is 631 g/mol. The van der Waals surface area contributed by atoms with Gasteiger partial charge in [-0.15, -0.1) is 0 Å². The third-order valence-corrected chi connectivity index (χ3v) is 7.83. The van der Waals surface area contributed by atoms with Gasteiger partial charge < -0.3 is 52.8 Å². The van der Waals surface area contributed by atoms with E-state index < -0.39 is 0 Å². The van der Waals surface area contributed by atoms with Crippen LogP contribution in [-0.4, -0.2) is 29.9 Å². The van der Waals surface area contributed by atoms with Gasteiger partial charge in [0, 0.05) is 62.6 Å². The standard InChI is InChI=1S/C32H20N12.Co/c33-13-4-7-16-20(10-13)29-38-25(16)37-26-18-9-6-15(35)12-22(18)31(41-26)44-32-24-19(2-1-3-23(24)36)28(43-32)42-30-21-11-14(34)5-8-17(21)27(39-29)40-30;/h1-12H,33-36H2;/q-2;+2. The maximum atomic E-state index is 6.47. The molecule has 0 unspecified atom stereocenters. The zero-order valence-corrected chi connectivity index (χ0v) is 24.2. The summed E-state index contributed by atoms with van der Waals surface area (Å²) in [6.07, 6.45) is 0. The molecule has 1 radical (unpaired) electrons. The molecule has 0 amide bonds. The van der Waals surface area contributed by atoms with Crippen LogP contribution in [0.1, 0.15) is 0 Å². The van der Waals surface area contributed by atoms with E-state index in [-0.39, 0.29) is 16.8 Å². The largest absolute Gasteiger partial charge is 2.00 e. The van der Waals surface area contributed by atoms with Crippen LogP contribution in [0.3, 0.4) is 0 Å². The van der Waals surface area contributed by atoms with E-state index in [2.05, 4.69) is 0 Å². The van der Waals surface area contributed by atoms with Gasteiger partial charge in [-0.05, 0) is 69.9 Å². The molecule has 13 heteroatoms. The Morgan fingerprint density at radius 3 is 1.67 bits per heavy atom. The molecule has 2 aromatic heterocycles. The summed E-state index contributed by atoms with van der Waals surface area (Å²) in [7, 11) is 0. The molecule has 8 N–H and O–H groups in total. The van der Waals surface area contributed by atoms with Crippen molar-refractivity contribution in [2.24, 2.45) is 0 Å². The van der Waals surface area contributed by atoms with Crippen LogP contribution in [0.4, 0.5) is 22.7 Å². The van der Waals surface area contributed by atoms with Crippen LogP contribution in [-0.2, 0) is 16.8 Å². The molecule has 3 aliphatic heterocycles. The molecule has 0 saturated heterocycles. The Hall–Kier alpha value is -6.05. The summed E-state index contributed by atoms with van der Waals surface area (Å²) in [6, 6.07) is 22.0. The normalized spacial score (nSPS) is 11.7. The maximum Gasteiger partial charge on any atom is 2.00 e. The van der Waals surface area contributed by atoms with Crippen LogP contribution in [0.5, 0.6) is 0 Å². The van der Waals surface area contributed by atoms with E-state index in [1.54, 1.807) is 24.3 Å². The third kappa shape index (κ3) is 3.98. The molecular weight excluding hydrogens is 611 g/mol. The van der Waals surface area contributed by atoms with E-state index in [0.29, 0.717) is 80.1 Å². The van der Waals surface area contributed by atoms with Crippen LogP contribution >= 0.6 is 0 Å². The molecule has 3 aliphatic rings. The molecule has 0 fully saturated rings. The predicted molar refractivity (Wildman–Crippen MR) is 170 cm³/mol. The van der Waals surface area contributed by atoms with Gasteiger partial charge in [0.05, 0.1) is 17.2 Å². The minimum Gasteiger partial charge on any atom is -0.399 e. The summed E-state index contributed by atoms with van der Waals surface area (Å²) >= 11 is 0. The Morgan fingerprint density at radius 1 is 0.444 bits per heavy atom. The first-order valence-corrected chi connectivity index (χ1v) is 13.7. The van der Waals surface area contributed by atoms with Crippen LogP contribution in [0.15, 0.2) is 72.8 Å². The minimum atomic E-state index is 0. The Kier molecular flexibility index (Phi) is 5.59. The van der Waals surface area contributed by atoms with E-state index in [4.69, 9.17) is 62.8 Å². The van der Waals surface area contributed by atoms with Crippen LogP contribution in [0.2, 0.25) is 0 Å². The first-order valence-electron chi connectivity index (χ1n) is 13.7. The van der Waals surface area contributed by atoms with Gasteiger partial charge in [-0.3, -0.25) is 0 Å². The number of hydrogen-bond donors (Lipinski definition) is 4. The summed E-state index contributed by atoms with van der Waals surface area (Å²) in [5.41, 5.74) is 32.4. The first kappa shape index (κ1) is 26.6. The van der Waals surface area contributed by atoms with Crippen molar-refractivity contribution in [3.05, 3.63) is 72.8 Å². The molecule has 0 aliphatic carbocycles. The summed E-state index contributed by atoms with van der Waals surface area (Å²) in [5.74, 6) is 2.44. The van der Waals surface area contributed by atoms with Crippen LogP contribution in [0.25, 0.3) is 90.4 Å². The van der Waals surface area contributed by atoms with Gasteiger partial charge in [0.2, 0.25) is 0 Å². The van der Waals surface area contributed by atoms with Crippen molar-refractivity contribution in [1.82, 2.24) is 39.9 Å². The average Bonchev–Trinajstić information content (AvgIpc) is 3.72. The molecule has 217 valence electrons. The van der Waals surface area contributed by atoms with Crippen LogP contribution < -0.4 is 32.9 Å². The van der Waals surface area contributed by atoms with E-state index in [0.717, 1.165) is 33.0 Å². The number of nitrogens with zero attached hydrogens (tertiary/aromatic N) is 8. The molecule has 5 heterocycles. The number of hydrogen-bond acceptors (Lipinski definition) is 10. The number of rotatable bonds is 0. The Labute approximate surface area is 264 Å². The summed E-state index contributed by atoms with van der Waals surface area (Å²) < 4.78 is 0. The van der Waals surface area contributed by atoms with Crippen molar-refractivity contribution in [1.29, 1.82) is 0 Å². The number of nitrogen functional groups attached to an aromatic ring is 4. The summed E-state index contributed by atoms with van der Waals surface area (Å²) in [6.45, 7) is 0. The van der Waals surface area contributed by atoms with Crippen molar-refractivity contribution in [2.75, 3.05) is 22.9 Å². The summed E-state index contributed by atoms with van der Waals surface area (Å²) in [4.78, 5) is 39.0. The number of nitrogens with two attached hydrogens (primary N) is 4. The second kappa shape index (κ2) is 9.47. The molecule has 45 heavy (non-hydrogen) atoms.